The second-order valence-electron chi connectivity index (χ2n) is 6.77. The molecule has 1 aromatic rings. The highest BCUT2D eigenvalue weighted by Gasteiger charge is 2.31. The minimum atomic E-state index is 0.389. The molecule has 0 aromatic carbocycles. The second-order valence-corrected chi connectivity index (χ2v) is 6.77. The first-order valence-electron chi connectivity index (χ1n) is 8.72. The summed E-state index contributed by atoms with van der Waals surface area (Å²) in [5.41, 5.74) is 1.29. The van der Waals surface area contributed by atoms with Crippen LogP contribution < -0.4 is 10.2 Å². The van der Waals surface area contributed by atoms with Crippen LogP contribution in [0.15, 0.2) is 18.3 Å². The van der Waals surface area contributed by atoms with Crippen LogP contribution in [0.2, 0.25) is 0 Å². The Hall–Kier alpha value is -1.09. The molecule has 0 bridgehead atoms. The van der Waals surface area contributed by atoms with Gasteiger partial charge >= 0.3 is 0 Å². The van der Waals surface area contributed by atoms with Gasteiger partial charge in [0.05, 0.1) is 0 Å². The number of nitrogens with one attached hydrogen (secondary N) is 1. The molecule has 1 aromatic heterocycles. The highest BCUT2D eigenvalue weighted by Crippen LogP contribution is 2.37. The Morgan fingerprint density at radius 2 is 2.05 bits per heavy atom. The number of nitrogens with zero attached hydrogens (tertiary/aromatic N) is 2. The van der Waals surface area contributed by atoms with Gasteiger partial charge in [-0.3, -0.25) is 0 Å². The molecule has 0 spiro atoms. The number of rotatable bonds is 4. The number of anilines is 1. The molecule has 3 rings (SSSR count). The summed E-state index contributed by atoms with van der Waals surface area (Å²) in [4.78, 5) is 7.24. The van der Waals surface area contributed by atoms with Gasteiger partial charge in [-0.2, -0.15) is 0 Å². The molecule has 1 aliphatic heterocycles. The van der Waals surface area contributed by atoms with Gasteiger partial charge in [-0.25, -0.2) is 4.98 Å². The van der Waals surface area contributed by atoms with Crippen LogP contribution in [-0.4, -0.2) is 24.6 Å². The lowest BCUT2D eigenvalue weighted by Gasteiger charge is -2.41. The zero-order valence-corrected chi connectivity index (χ0v) is 13.5. The number of piperidine rings is 1. The normalized spacial score (nSPS) is 27.2. The molecule has 21 heavy (non-hydrogen) atoms. The van der Waals surface area contributed by atoms with Crippen molar-refractivity contribution in [1.29, 1.82) is 0 Å². The van der Waals surface area contributed by atoms with Gasteiger partial charge in [-0.1, -0.05) is 32.3 Å². The topological polar surface area (TPSA) is 28.2 Å². The summed E-state index contributed by atoms with van der Waals surface area (Å²) < 4.78 is 0. The lowest BCUT2D eigenvalue weighted by molar-refractivity contribution is 0.202. The fraction of sp³-hybridized carbons (Fsp3) is 0.722. The predicted molar refractivity (Wildman–Crippen MR) is 88.6 cm³/mol. The zero-order chi connectivity index (χ0) is 14.7. The van der Waals surface area contributed by atoms with E-state index in [1.54, 1.807) is 0 Å². The van der Waals surface area contributed by atoms with Gasteiger partial charge in [0, 0.05) is 25.3 Å². The molecule has 2 aliphatic rings. The van der Waals surface area contributed by atoms with E-state index >= 15 is 0 Å². The number of hydrogen-bond donors (Lipinski definition) is 1. The van der Waals surface area contributed by atoms with Gasteiger partial charge in [0.25, 0.3) is 0 Å². The van der Waals surface area contributed by atoms with Gasteiger partial charge in [0.15, 0.2) is 0 Å². The van der Waals surface area contributed by atoms with Crippen LogP contribution >= 0.6 is 0 Å². The van der Waals surface area contributed by atoms with Crippen molar-refractivity contribution in [2.45, 2.75) is 52.0 Å². The van der Waals surface area contributed by atoms with Crippen molar-refractivity contribution in [2.75, 3.05) is 24.5 Å². The van der Waals surface area contributed by atoms with Gasteiger partial charge < -0.3 is 10.2 Å². The second kappa shape index (κ2) is 6.78. The van der Waals surface area contributed by atoms with E-state index in [-0.39, 0.29) is 0 Å². The van der Waals surface area contributed by atoms with Crippen LogP contribution in [0.5, 0.6) is 0 Å². The van der Waals surface area contributed by atoms with Crippen molar-refractivity contribution in [1.82, 2.24) is 10.3 Å². The van der Waals surface area contributed by atoms with Crippen molar-refractivity contribution in [3.05, 3.63) is 23.9 Å². The third-order valence-corrected chi connectivity index (χ3v) is 5.40. The summed E-state index contributed by atoms with van der Waals surface area (Å²) in [7, 11) is 0. The molecule has 0 radical (unpaired) electrons. The zero-order valence-electron chi connectivity index (χ0n) is 13.5. The number of aromatic nitrogens is 1. The van der Waals surface area contributed by atoms with E-state index in [0.717, 1.165) is 18.4 Å². The van der Waals surface area contributed by atoms with Crippen LogP contribution in [0.4, 0.5) is 5.82 Å². The van der Waals surface area contributed by atoms with Crippen LogP contribution in [0, 0.1) is 11.8 Å². The maximum atomic E-state index is 4.73. The van der Waals surface area contributed by atoms with Crippen molar-refractivity contribution in [3.8, 4) is 0 Å². The predicted octanol–water partition coefficient (Wildman–Crippen LogP) is 3.77. The maximum Gasteiger partial charge on any atom is 0.128 e. The average Bonchev–Trinajstić information content (AvgIpc) is 2.55. The van der Waals surface area contributed by atoms with Crippen molar-refractivity contribution in [3.63, 3.8) is 0 Å². The molecule has 1 saturated heterocycles. The minimum absolute atomic E-state index is 0.389. The molecule has 1 N–H and O–H groups in total. The molecular formula is C18H29N3. The molecular weight excluding hydrogens is 258 g/mol. The molecule has 3 unspecified atom stereocenters. The van der Waals surface area contributed by atoms with E-state index < -0.39 is 0 Å². The Labute approximate surface area is 129 Å². The smallest absolute Gasteiger partial charge is 0.128 e. The summed E-state index contributed by atoms with van der Waals surface area (Å²) in [6.45, 7) is 7.76. The van der Waals surface area contributed by atoms with E-state index in [1.165, 1.54) is 56.6 Å². The van der Waals surface area contributed by atoms with Crippen molar-refractivity contribution in [2.24, 2.45) is 11.8 Å². The van der Waals surface area contributed by atoms with Gasteiger partial charge in [-0.15, -0.1) is 0 Å². The number of fused-ring (bicyclic) bond motifs is 1. The lowest BCUT2D eigenvalue weighted by atomic mass is 9.75. The first-order valence-corrected chi connectivity index (χ1v) is 8.72. The van der Waals surface area contributed by atoms with Crippen molar-refractivity contribution >= 4 is 5.82 Å². The third kappa shape index (κ3) is 3.39. The summed E-state index contributed by atoms with van der Waals surface area (Å²) >= 11 is 0. The van der Waals surface area contributed by atoms with E-state index in [9.17, 15) is 0 Å². The van der Waals surface area contributed by atoms with Crippen LogP contribution in [0.1, 0.15) is 57.6 Å². The minimum Gasteiger partial charge on any atom is -0.356 e. The molecule has 2 fully saturated rings. The summed E-state index contributed by atoms with van der Waals surface area (Å²) in [5, 5.41) is 3.44. The molecule has 2 heterocycles. The number of pyridine rings is 1. The maximum absolute atomic E-state index is 4.73. The molecule has 116 valence electrons. The summed E-state index contributed by atoms with van der Waals surface area (Å²) in [6.07, 6.45) is 9.19. The highest BCUT2D eigenvalue weighted by atomic mass is 15.2. The van der Waals surface area contributed by atoms with Crippen molar-refractivity contribution < 1.29 is 0 Å². The first-order chi connectivity index (χ1) is 10.3. The largest absolute Gasteiger partial charge is 0.356 e. The Morgan fingerprint density at radius 3 is 2.76 bits per heavy atom. The SMILES string of the molecule is CCNC(C)c1ccc(N2CCC3CCCCC3C2)nc1. The average molecular weight is 287 g/mol. The number of hydrogen-bond acceptors (Lipinski definition) is 3. The Kier molecular flexibility index (Phi) is 4.79. The molecule has 3 nitrogen and oxygen atoms in total. The quantitative estimate of drug-likeness (QED) is 0.913. The molecule has 3 atom stereocenters. The Balaban J connectivity index is 1.64. The van der Waals surface area contributed by atoms with Gasteiger partial charge in [0.1, 0.15) is 5.82 Å². The van der Waals surface area contributed by atoms with E-state index in [4.69, 9.17) is 4.98 Å². The van der Waals surface area contributed by atoms with Crippen LogP contribution in [-0.2, 0) is 0 Å². The van der Waals surface area contributed by atoms with E-state index in [0.29, 0.717) is 6.04 Å². The van der Waals surface area contributed by atoms with E-state index in [2.05, 4.69) is 42.4 Å². The first kappa shape index (κ1) is 14.8. The summed E-state index contributed by atoms with van der Waals surface area (Å²) in [6, 6.07) is 4.84. The fourth-order valence-electron chi connectivity index (χ4n) is 4.07. The summed E-state index contributed by atoms with van der Waals surface area (Å²) in [5.74, 6) is 3.07. The van der Waals surface area contributed by atoms with Crippen LogP contribution in [0.25, 0.3) is 0 Å². The standard InChI is InChI=1S/C18H29N3/c1-3-19-14(2)16-8-9-18(20-12-16)21-11-10-15-6-4-5-7-17(15)13-21/h8-9,12,14-15,17,19H,3-7,10-11,13H2,1-2H3. The van der Waals surface area contributed by atoms with Gasteiger partial charge in [0.2, 0.25) is 0 Å². The molecule has 1 saturated carbocycles. The van der Waals surface area contributed by atoms with Crippen LogP contribution in [0.3, 0.4) is 0 Å². The molecule has 0 amide bonds. The lowest BCUT2D eigenvalue weighted by Crippen LogP contribution is -2.42. The Morgan fingerprint density at radius 1 is 1.24 bits per heavy atom. The fourth-order valence-corrected chi connectivity index (χ4v) is 4.07. The molecule has 3 heteroatoms. The monoisotopic (exact) mass is 287 g/mol. The van der Waals surface area contributed by atoms with Gasteiger partial charge in [-0.05, 0) is 49.8 Å². The highest BCUT2D eigenvalue weighted by molar-refractivity contribution is 5.40. The third-order valence-electron chi connectivity index (χ3n) is 5.40. The van der Waals surface area contributed by atoms with E-state index in [1.807, 2.05) is 0 Å². The molecule has 1 aliphatic carbocycles. The Bertz CT molecular complexity index is 442.